The molecule has 0 aliphatic rings. The van der Waals surface area contributed by atoms with Gasteiger partial charge in [0.05, 0.1) is 40.4 Å². The Morgan fingerprint density at radius 1 is 1.13 bits per heavy atom. The molecular formula is C29H26N4O5S. The van der Waals surface area contributed by atoms with Gasteiger partial charge in [-0.1, -0.05) is 6.07 Å². The van der Waals surface area contributed by atoms with Crippen molar-refractivity contribution in [1.82, 2.24) is 14.5 Å². The smallest absolute Gasteiger partial charge is 0.340 e. The molecule has 0 unspecified atom stereocenters. The highest BCUT2D eigenvalue weighted by Crippen LogP contribution is 2.22. The molecule has 0 saturated heterocycles. The van der Waals surface area contributed by atoms with Gasteiger partial charge in [-0.25, -0.2) is 4.79 Å². The molecule has 0 aliphatic heterocycles. The molecule has 1 N–H and O–H groups in total. The number of pyridine rings is 1. The van der Waals surface area contributed by atoms with Gasteiger partial charge >= 0.3 is 5.97 Å². The van der Waals surface area contributed by atoms with E-state index in [1.54, 1.807) is 75.5 Å². The maximum absolute atomic E-state index is 13.8. The van der Waals surface area contributed by atoms with Crippen LogP contribution in [-0.2, 0) is 4.74 Å². The molecule has 0 atom stereocenters. The maximum Gasteiger partial charge on any atom is 0.340 e. The fourth-order valence-electron chi connectivity index (χ4n) is 4.15. The van der Waals surface area contributed by atoms with E-state index < -0.39 is 17.3 Å². The van der Waals surface area contributed by atoms with Crippen molar-refractivity contribution in [3.8, 4) is 17.5 Å². The Morgan fingerprint density at radius 3 is 2.49 bits per heavy atom. The van der Waals surface area contributed by atoms with Crippen LogP contribution < -0.4 is 19.5 Å². The molecular weight excluding hydrogens is 516 g/mol. The summed E-state index contributed by atoms with van der Waals surface area (Å²) < 4.78 is 12.4. The Labute approximate surface area is 228 Å². The summed E-state index contributed by atoms with van der Waals surface area (Å²) in [5, 5.41) is 10.2. The summed E-state index contributed by atoms with van der Waals surface area (Å²) in [7, 11) is 0. The number of nitrogens with zero attached hydrogens (tertiary/aromatic N) is 3. The molecule has 0 fully saturated rings. The number of Topliss-reactive ketones (excluding diaryl/α,β-unsaturated/α-hetero) is 1. The van der Waals surface area contributed by atoms with Gasteiger partial charge in [-0.3, -0.25) is 19.1 Å². The SMILES string of the molecule is CCOC(=O)c1c(C)[nH]c(C(=O)/C(C#N)=c2/s/c(=C\c3ccccn3)c(=O)n2-c2ccc(OCC)cc2)c1C. The first kappa shape index (κ1) is 27.3. The lowest BCUT2D eigenvalue weighted by molar-refractivity contribution is 0.0525. The van der Waals surface area contributed by atoms with Crippen LogP contribution in [0.3, 0.4) is 0 Å². The number of thiazole rings is 1. The number of nitriles is 1. The van der Waals surface area contributed by atoms with E-state index in [9.17, 15) is 19.6 Å². The zero-order valence-electron chi connectivity index (χ0n) is 21.9. The monoisotopic (exact) mass is 542 g/mol. The largest absolute Gasteiger partial charge is 0.494 e. The number of ether oxygens (including phenoxy) is 2. The average Bonchev–Trinajstić information content (AvgIpc) is 3.40. The first-order valence-electron chi connectivity index (χ1n) is 12.2. The Kier molecular flexibility index (Phi) is 8.22. The van der Waals surface area contributed by atoms with Gasteiger partial charge in [0.25, 0.3) is 5.56 Å². The van der Waals surface area contributed by atoms with Crippen molar-refractivity contribution in [3.05, 3.63) is 96.4 Å². The fraction of sp³-hybridized carbons (Fsp3) is 0.207. The van der Waals surface area contributed by atoms with Crippen molar-refractivity contribution < 1.29 is 19.1 Å². The zero-order chi connectivity index (χ0) is 28.1. The van der Waals surface area contributed by atoms with Crippen LogP contribution in [-0.4, -0.2) is 39.5 Å². The van der Waals surface area contributed by atoms with E-state index in [0.29, 0.717) is 39.5 Å². The number of carbonyl (C=O) groups excluding carboxylic acids is 2. The van der Waals surface area contributed by atoms with E-state index in [2.05, 4.69) is 9.97 Å². The second-order valence-corrected chi connectivity index (χ2v) is 9.43. The lowest BCUT2D eigenvalue weighted by Gasteiger charge is -2.06. The third-order valence-corrected chi connectivity index (χ3v) is 6.99. The molecule has 4 aromatic rings. The third-order valence-electron chi connectivity index (χ3n) is 5.89. The molecule has 0 spiro atoms. The minimum absolute atomic E-state index is 0.0847. The molecule has 0 radical (unpaired) electrons. The van der Waals surface area contributed by atoms with Crippen LogP contribution in [0, 0.1) is 25.2 Å². The summed E-state index contributed by atoms with van der Waals surface area (Å²) >= 11 is 1.01. The lowest BCUT2D eigenvalue weighted by Crippen LogP contribution is -2.31. The second kappa shape index (κ2) is 11.8. The van der Waals surface area contributed by atoms with Crippen LogP contribution in [0.1, 0.15) is 51.6 Å². The Hall–Kier alpha value is -4.75. The van der Waals surface area contributed by atoms with Crippen LogP contribution in [0.2, 0.25) is 0 Å². The number of hydrogen-bond acceptors (Lipinski definition) is 8. The number of aromatic amines is 1. The molecule has 39 heavy (non-hydrogen) atoms. The number of hydrogen-bond donors (Lipinski definition) is 1. The van der Waals surface area contributed by atoms with Gasteiger partial charge in [0.15, 0.2) is 0 Å². The summed E-state index contributed by atoms with van der Waals surface area (Å²) in [6.07, 6.45) is 3.23. The van der Waals surface area contributed by atoms with Crippen LogP contribution in [0.5, 0.6) is 5.75 Å². The number of aromatic nitrogens is 3. The highest BCUT2D eigenvalue weighted by molar-refractivity contribution is 7.07. The Morgan fingerprint density at radius 2 is 1.87 bits per heavy atom. The number of benzene rings is 1. The number of H-pyrrole nitrogens is 1. The van der Waals surface area contributed by atoms with Crippen molar-refractivity contribution in [3.63, 3.8) is 0 Å². The van der Waals surface area contributed by atoms with Crippen molar-refractivity contribution in [2.75, 3.05) is 13.2 Å². The molecule has 0 amide bonds. The van der Waals surface area contributed by atoms with E-state index in [1.807, 2.05) is 13.0 Å². The first-order chi connectivity index (χ1) is 18.8. The molecule has 10 heteroatoms. The molecule has 9 nitrogen and oxygen atoms in total. The highest BCUT2D eigenvalue weighted by atomic mass is 32.1. The minimum Gasteiger partial charge on any atom is -0.494 e. The van der Waals surface area contributed by atoms with Gasteiger partial charge in [-0.2, -0.15) is 5.26 Å². The van der Waals surface area contributed by atoms with E-state index >= 15 is 0 Å². The van der Waals surface area contributed by atoms with Crippen molar-refractivity contribution in [2.45, 2.75) is 27.7 Å². The lowest BCUT2D eigenvalue weighted by atomic mass is 10.0. The van der Waals surface area contributed by atoms with E-state index in [4.69, 9.17) is 9.47 Å². The van der Waals surface area contributed by atoms with Crippen LogP contribution in [0.25, 0.3) is 17.3 Å². The normalized spacial score (nSPS) is 12.1. The third kappa shape index (κ3) is 5.44. The number of nitrogens with one attached hydrogen (secondary N) is 1. The van der Waals surface area contributed by atoms with Gasteiger partial charge < -0.3 is 14.5 Å². The molecule has 3 heterocycles. The quantitative estimate of drug-likeness (QED) is 0.268. The highest BCUT2D eigenvalue weighted by Gasteiger charge is 2.26. The molecule has 0 aliphatic carbocycles. The summed E-state index contributed by atoms with van der Waals surface area (Å²) in [5.41, 5.74) is 1.52. The van der Waals surface area contributed by atoms with Crippen LogP contribution >= 0.6 is 11.3 Å². The molecule has 3 aromatic heterocycles. The van der Waals surface area contributed by atoms with Gasteiger partial charge in [0.2, 0.25) is 5.78 Å². The molecule has 0 saturated carbocycles. The van der Waals surface area contributed by atoms with Crippen LogP contribution in [0.15, 0.2) is 53.5 Å². The van der Waals surface area contributed by atoms with E-state index in [-0.39, 0.29) is 28.1 Å². The van der Waals surface area contributed by atoms with E-state index in [1.165, 1.54) is 4.57 Å². The Balaban J connectivity index is 1.99. The summed E-state index contributed by atoms with van der Waals surface area (Å²) in [4.78, 5) is 47.1. The maximum atomic E-state index is 13.8. The van der Waals surface area contributed by atoms with Gasteiger partial charge in [0.1, 0.15) is 22.1 Å². The molecule has 0 bridgehead atoms. The van der Waals surface area contributed by atoms with Gasteiger partial charge in [-0.15, -0.1) is 11.3 Å². The summed E-state index contributed by atoms with van der Waals surface area (Å²) in [5.74, 6) is -0.578. The summed E-state index contributed by atoms with van der Waals surface area (Å²) in [6, 6.07) is 14.1. The number of carbonyl (C=O) groups is 2. The van der Waals surface area contributed by atoms with Crippen molar-refractivity contribution >= 4 is 34.7 Å². The standard InChI is InChI=1S/C29H26N4O5S/c1-5-37-21-12-10-20(11-13-21)33-27(35)23(15-19-9-7-8-14-31-19)39-28(33)22(16-30)26(34)25-17(3)24(18(4)32-25)29(36)38-6-2/h7-15,32H,5-6H2,1-4H3/b23-15-,28-22+. The fourth-order valence-corrected chi connectivity index (χ4v) is 5.23. The van der Waals surface area contributed by atoms with Crippen LogP contribution in [0.4, 0.5) is 0 Å². The predicted molar refractivity (Wildman–Crippen MR) is 148 cm³/mol. The van der Waals surface area contributed by atoms with Crippen molar-refractivity contribution in [2.24, 2.45) is 0 Å². The number of aryl methyl sites for hydroxylation is 1. The molecule has 198 valence electrons. The molecule has 1 aromatic carbocycles. The topological polar surface area (TPSA) is 127 Å². The first-order valence-corrected chi connectivity index (χ1v) is 13.1. The number of esters is 1. The van der Waals surface area contributed by atoms with Gasteiger partial charge in [0, 0.05) is 11.9 Å². The molecule has 4 rings (SSSR count). The summed E-state index contributed by atoms with van der Waals surface area (Å²) in [6.45, 7) is 7.50. The van der Waals surface area contributed by atoms with Crippen molar-refractivity contribution in [1.29, 1.82) is 5.26 Å². The Bertz CT molecular complexity index is 1760. The second-order valence-electron chi connectivity index (χ2n) is 8.40. The van der Waals surface area contributed by atoms with Gasteiger partial charge in [-0.05, 0) is 75.7 Å². The minimum atomic E-state index is -0.640. The number of rotatable bonds is 8. The average molecular weight is 543 g/mol. The van der Waals surface area contributed by atoms with E-state index in [0.717, 1.165) is 11.3 Å². The predicted octanol–water partition coefficient (Wildman–Crippen LogP) is 3.20. The zero-order valence-corrected chi connectivity index (χ0v) is 22.7. The number of ketones is 1.